The maximum Gasteiger partial charge on any atom is 0.319 e. The van der Waals surface area contributed by atoms with Crippen LogP contribution in [0.5, 0.6) is 0 Å². The lowest BCUT2D eigenvalue weighted by Gasteiger charge is -2.19. The van der Waals surface area contributed by atoms with E-state index in [2.05, 4.69) is 16.6 Å². The first kappa shape index (κ1) is 17.6. The third-order valence-electron chi connectivity index (χ3n) is 3.26. The summed E-state index contributed by atoms with van der Waals surface area (Å²) >= 11 is 0. The minimum atomic E-state index is -3.27. The zero-order valence-electron chi connectivity index (χ0n) is 13.2. The van der Waals surface area contributed by atoms with Crippen molar-refractivity contribution >= 4 is 21.6 Å². The Labute approximate surface area is 142 Å². The minimum Gasteiger partial charge on any atom is -0.330 e. The molecule has 0 fully saturated rings. The van der Waals surface area contributed by atoms with Crippen molar-refractivity contribution in [1.29, 1.82) is 0 Å². The van der Waals surface area contributed by atoms with Crippen LogP contribution < -0.4 is 10.6 Å². The summed E-state index contributed by atoms with van der Waals surface area (Å²) in [6.45, 7) is 0. The number of hydrogen-bond acceptors (Lipinski definition) is 3. The lowest BCUT2D eigenvalue weighted by Crippen LogP contribution is -2.36. The first-order chi connectivity index (χ1) is 11.4. The topological polar surface area (TPSA) is 75.3 Å². The molecule has 0 radical (unpaired) electrons. The van der Waals surface area contributed by atoms with Gasteiger partial charge in [0.1, 0.15) is 9.84 Å². The summed E-state index contributed by atoms with van der Waals surface area (Å²) < 4.78 is 23.3. The van der Waals surface area contributed by atoms with Gasteiger partial charge in [-0.2, -0.15) is 0 Å². The van der Waals surface area contributed by atoms with E-state index in [0.717, 1.165) is 11.8 Å². The molecule has 0 aliphatic carbocycles. The van der Waals surface area contributed by atoms with Crippen LogP contribution in [0.25, 0.3) is 0 Å². The van der Waals surface area contributed by atoms with Gasteiger partial charge >= 0.3 is 6.03 Å². The van der Waals surface area contributed by atoms with Gasteiger partial charge in [-0.1, -0.05) is 42.3 Å². The quantitative estimate of drug-likeness (QED) is 0.820. The Balaban J connectivity index is 2.14. The summed E-state index contributed by atoms with van der Waals surface area (Å²) in [7, 11) is -3.27. The molecular formula is C18H18N2O3S. The molecule has 0 saturated heterocycles. The van der Waals surface area contributed by atoms with E-state index in [1.807, 2.05) is 6.07 Å². The number of rotatable bonds is 5. The second kappa shape index (κ2) is 7.66. The van der Waals surface area contributed by atoms with Gasteiger partial charge < -0.3 is 10.6 Å². The Hall–Kier alpha value is -2.78. The van der Waals surface area contributed by atoms with Gasteiger partial charge in [-0.15, -0.1) is 6.42 Å². The van der Waals surface area contributed by atoms with Gasteiger partial charge in [-0.05, 0) is 23.8 Å². The first-order valence-electron chi connectivity index (χ1n) is 7.24. The van der Waals surface area contributed by atoms with Crippen molar-refractivity contribution in [2.45, 2.75) is 6.04 Å². The average molecular weight is 342 g/mol. The lowest BCUT2D eigenvalue weighted by atomic mass is 10.1. The number of terminal acetylenes is 1. The lowest BCUT2D eigenvalue weighted by molar-refractivity contribution is 0.249. The fourth-order valence-corrected chi connectivity index (χ4v) is 3.10. The molecule has 2 N–H and O–H groups in total. The molecule has 0 saturated carbocycles. The summed E-state index contributed by atoms with van der Waals surface area (Å²) in [6.07, 6.45) is 6.47. The molecule has 0 aliphatic rings. The van der Waals surface area contributed by atoms with Crippen LogP contribution in [0.2, 0.25) is 0 Å². The Morgan fingerprint density at radius 1 is 1.17 bits per heavy atom. The SMILES string of the molecule is C#Cc1cccc(NC(=O)N[C@@H](CS(C)(=O)=O)c2ccccc2)c1. The van der Waals surface area contributed by atoms with Crippen molar-refractivity contribution in [1.82, 2.24) is 5.32 Å². The number of hydrogen-bond donors (Lipinski definition) is 2. The van der Waals surface area contributed by atoms with Crippen molar-refractivity contribution in [3.63, 3.8) is 0 Å². The van der Waals surface area contributed by atoms with Gasteiger partial charge in [-0.25, -0.2) is 13.2 Å². The van der Waals surface area contributed by atoms with Crippen LogP contribution in [-0.2, 0) is 9.84 Å². The zero-order chi connectivity index (χ0) is 17.6. The normalized spacial score (nSPS) is 12.0. The van der Waals surface area contributed by atoms with E-state index < -0.39 is 21.9 Å². The van der Waals surface area contributed by atoms with Crippen LogP contribution in [0, 0.1) is 12.3 Å². The molecule has 0 heterocycles. The molecule has 0 aliphatic heterocycles. The molecule has 0 spiro atoms. The number of nitrogens with one attached hydrogen (secondary N) is 2. The van der Waals surface area contributed by atoms with E-state index >= 15 is 0 Å². The highest BCUT2D eigenvalue weighted by Crippen LogP contribution is 2.16. The predicted octanol–water partition coefficient (Wildman–Crippen LogP) is 2.58. The Morgan fingerprint density at radius 3 is 2.50 bits per heavy atom. The minimum absolute atomic E-state index is 0.186. The number of benzene rings is 2. The second-order valence-corrected chi connectivity index (χ2v) is 7.56. The van der Waals surface area contributed by atoms with Gasteiger partial charge in [0.15, 0.2) is 0 Å². The van der Waals surface area contributed by atoms with E-state index in [1.165, 1.54) is 0 Å². The number of carbonyl (C=O) groups is 1. The monoisotopic (exact) mass is 342 g/mol. The molecular weight excluding hydrogens is 324 g/mol. The first-order valence-corrected chi connectivity index (χ1v) is 9.30. The number of amides is 2. The largest absolute Gasteiger partial charge is 0.330 e. The van der Waals surface area contributed by atoms with E-state index in [0.29, 0.717) is 11.3 Å². The van der Waals surface area contributed by atoms with E-state index in [1.54, 1.807) is 48.5 Å². The number of urea groups is 1. The molecule has 2 amide bonds. The fraction of sp³-hybridized carbons (Fsp3) is 0.167. The zero-order valence-corrected chi connectivity index (χ0v) is 14.0. The number of carbonyl (C=O) groups excluding carboxylic acids is 1. The molecule has 0 aromatic heterocycles. The summed E-state index contributed by atoms with van der Waals surface area (Å²) in [4.78, 5) is 12.2. The third kappa shape index (κ3) is 5.45. The summed E-state index contributed by atoms with van der Waals surface area (Å²) in [5.41, 5.74) is 1.90. The third-order valence-corrected chi connectivity index (χ3v) is 4.20. The van der Waals surface area contributed by atoms with Crippen LogP contribution in [0.1, 0.15) is 17.2 Å². The van der Waals surface area contributed by atoms with Crippen LogP contribution >= 0.6 is 0 Å². The van der Waals surface area contributed by atoms with Crippen molar-refractivity contribution in [3.05, 3.63) is 65.7 Å². The summed E-state index contributed by atoms with van der Waals surface area (Å²) in [5, 5.41) is 5.36. The molecule has 5 nitrogen and oxygen atoms in total. The standard InChI is InChI=1S/C18H18N2O3S/c1-3-14-8-7-11-16(12-14)19-18(21)20-17(13-24(2,22)23)15-9-5-4-6-10-15/h1,4-12,17H,13H2,2H3,(H2,19,20,21)/t17-/m0/s1. The van der Waals surface area contributed by atoms with Gasteiger partial charge in [0.2, 0.25) is 0 Å². The van der Waals surface area contributed by atoms with E-state index in [-0.39, 0.29) is 5.75 Å². The van der Waals surface area contributed by atoms with Gasteiger partial charge in [0.25, 0.3) is 0 Å². The van der Waals surface area contributed by atoms with E-state index in [4.69, 9.17) is 6.42 Å². The number of sulfone groups is 1. The molecule has 24 heavy (non-hydrogen) atoms. The van der Waals surface area contributed by atoms with Gasteiger partial charge in [-0.3, -0.25) is 0 Å². The molecule has 0 unspecified atom stereocenters. The van der Waals surface area contributed by atoms with Crippen molar-refractivity contribution in [2.75, 3.05) is 17.3 Å². The second-order valence-electron chi connectivity index (χ2n) is 5.38. The van der Waals surface area contributed by atoms with E-state index in [9.17, 15) is 13.2 Å². The highest BCUT2D eigenvalue weighted by atomic mass is 32.2. The molecule has 2 aromatic carbocycles. The predicted molar refractivity (Wildman–Crippen MR) is 95.4 cm³/mol. The Bertz CT molecular complexity index is 855. The van der Waals surface area contributed by atoms with Crippen LogP contribution in [0.15, 0.2) is 54.6 Å². The molecule has 2 rings (SSSR count). The highest BCUT2D eigenvalue weighted by molar-refractivity contribution is 7.90. The smallest absolute Gasteiger partial charge is 0.319 e. The molecule has 124 valence electrons. The summed E-state index contributed by atoms with van der Waals surface area (Å²) in [5.74, 6) is 2.30. The summed E-state index contributed by atoms with van der Waals surface area (Å²) in [6, 6.07) is 14.7. The Morgan fingerprint density at radius 2 is 1.88 bits per heavy atom. The highest BCUT2D eigenvalue weighted by Gasteiger charge is 2.19. The van der Waals surface area contributed by atoms with Gasteiger partial charge in [0, 0.05) is 17.5 Å². The maximum atomic E-state index is 12.2. The number of anilines is 1. The molecule has 0 bridgehead atoms. The molecule has 1 atom stereocenters. The van der Waals surface area contributed by atoms with Gasteiger partial charge in [0.05, 0.1) is 11.8 Å². The molecule has 6 heteroatoms. The van der Waals surface area contributed by atoms with Crippen molar-refractivity contribution in [2.24, 2.45) is 0 Å². The van der Waals surface area contributed by atoms with Crippen LogP contribution in [0.3, 0.4) is 0 Å². The van der Waals surface area contributed by atoms with Crippen LogP contribution in [-0.4, -0.2) is 26.5 Å². The Kier molecular flexibility index (Phi) is 5.61. The molecule has 2 aromatic rings. The van der Waals surface area contributed by atoms with Crippen molar-refractivity contribution in [3.8, 4) is 12.3 Å². The average Bonchev–Trinajstić information content (AvgIpc) is 2.54. The fourth-order valence-electron chi connectivity index (χ4n) is 2.22. The maximum absolute atomic E-state index is 12.2. The van der Waals surface area contributed by atoms with Crippen molar-refractivity contribution < 1.29 is 13.2 Å². The van der Waals surface area contributed by atoms with Crippen LogP contribution in [0.4, 0.5) is 10.5 Å².